The quantitative estimate of drug-likeness (QED) is 0.416. The lowest BCUT2D eigenvalue weighted by atomic mass is 10.5. The standard InChI is InChI=1S/C9H9N2O2S/c1-13-11-8(6-12)7-14-9-2-4-10-5-3-9/h2-5H,7H2,1H3/b11-8+. The summed E-state index contributed by atoms with van der Waals surface area (Å²) in [6, 6.07) is 3.72. The van der Waals surface area contributed by atoms with Gasteiger partial charge in [-0.25, -0.2) is 0 Å². The number of pyridine rings is 1. The smallest absolute Gasteiger partial charge is 0.253 e. The number of nitrogens with zero attached hydrogens (tertiary/aromatic N) is 2. The van der Waals surface area contributed by atoms with Gasteiger partial charge in [-0.15, -0.1) is 11.8 Å². The molecule has 0 aliphatic rings. The predicted molar refractivity (Wildman–Crippen MR) is 55.1 cm³/mol. The number of aromatic nitrogens is 1. The molecule has 0 aliphatic heterocycles. The summed E-state index contributed by atoms with van der Waals surface area (Å²) in [5, 5.41) is 3.51. The fourth-order valence-corrected chi connectivity index (χ4v) is 1.50. The lowest BCUT2D eigenvalue weighted by Gasteiger charge is -1.98. The summed E-state index contributed by atoms with van der Waals surface area (Å²) in [5.74, 6) is 0.446. The van der Waals surface area contributed by atoms with Crippen LogP contribution in [-0.4, -0.2) is 29.8 Å². The first-order valence-electron chi connectivity index (χ1n) is 3.88. The number of hydrogen-bond acceptors (Lipinski definition) is 5. The zero-order valence-electron chi connectivity index (χ0n) is 7.64. The minimum Gasteiger partial charge on any atom is -0.399 e. The molecule has 1 radical (unpaired) electrons. The maximum absolute atomic E-state index is 10.4. The van der Waals surface area contributed by atoms with E-state index in [0.29, 0.717) is 5.75 Å². The molecule has 0 unspecified atom stereocenters. The fourth-order valence-electron chi connectivity index (χ4n) is 0.771. The van der Waals surface area contributed by atoms with E-state index in [2.05, 4.69) is 15.0 Å². The third-order valence-electron chi connectivity index (χ3n) is 1.34. The van der Waals surface area contributed by atoms with Gasteiger partial charge in [-0.1, -0.05) is 5.16 Å². The predicted octanol–water partition coefficient (Wildman–Crippen LogP) is 1.29. The van der Waals surface area contributed by atoms with Crippen molar-refractivity contribution in [3.8, 4) is 0 Å². The topological polar surface area (TPSA) is 51.5 Å². The zero-order chi connectivity index (χ0) is 10.2. The molecule has 1 aromatic heterocycles. The Bertz CT molecular complexity index is 314. The number of rotatable bonds is 5. The van der Waals surface area contributed by atoms with Crippen molar-refractivity contribution >= 4 is 23.8 Å². The minimum absolute atomic E-state index is 0.259. The monoisotopic (exact) mass is 209 g/mol. The summed E-state index contributed by atoms with van der Waals surface area (Å²) in [6.07, 6.45) is 5.10. The van der Waals surface area contributed by atoms with Gasteiger partial charge in [0, 0.05) is 23.0 Å². The Labute approximate surface area is 86.4 Å². The average Bonchev–Trinajstić information content (AvgIpc) is 2.25. The van der Waals surface area contributed by atoms with E-state index in [1.54, 1.807) is 18.7 Å². The van der Waals surface area contributed by atoms with Gasteiger partial charge in [-0.3, -0.25) is 9.78 Å². The van der Waals surface area contributed by atoms with E-state index < -0.39 is 0 Å². The summed E-state index contributed by atoms with van der Waals surface area (Å²) < 4.78 is 0. The highest BCUT2D eigenvalue weighted by Gasteiger charge is 2.01. The van der Waals surface area contributed by atoms with E-state index in [1.165, 1.54) is 18.9 Å². The van der Waals surface area contributed by atoms with E-state index >= 15 is 0 Å². The molecule has 1 heterocycles. The highest BCUT2D eigenvalue weighted by molar-refractivity contribution is 8.00. The molecule has 1 rings (SSSR count). The van der Waals surface area contributed by atoms with E-state index in [-0.39, 0.29) is 5.71 Å². The molecule has 5 heteroatoms. The third kappa shape index (κ3) is 3.57. The van der Waals surface area contributed by atoms with Crippen LogP contribution in [0.1, 0.15) is 0 Å². The maximum atomic E-state index is 10.4. The van der Waals surface area contributed by atoms with Crippen LogP contribution in [0.4, 0.5) is 0 Å². The normalized spacial score (nSPS) is 11.1. The molecule has 0 bridgehead atoms. The first-order valence-corrected chi connectivity index (χ1v) is 4.86. The van der Waals surface area contributed by atoms with Gasteiger partial charge >= 0.3 is 0 Å². The van der Waals surface area contributed by atoms with Crippen LogP contribution >= 0.6 is 11.8 Å². The van der Waals surface area contributed by atoms with Crippen LogP contribution < -0.4 is 0 Å². The Balaban J connectivity index is 2.48. The van der Waals surface area contributed by atoms with Crippen molar-refractivity contribution in [1.29, 1.82) is 0 Å². The van der Waals surface area contributed by atoms with Crippen LogP contribution in [0.5, 0.6) is 0 Å². The second-order valence-corrected chi connectivity index (χ2v) is 3.34. The van der Waals surface area contributed by atoms with Gasteiger partial charge in [0.25, 0.3) is 6.29 Å². The molecule has 0 saturated carbocycles. The van der Waals surface area contributed by atoms with Crippen LogP contribution in [-0.2, 0) is 9.63 Å². The highest BCUT2D eigenvalue weighted by atomic mass is 32.2. The van der Waals surface area contributed by atoms with Crippen molar-refractivity contribution in [3.63, 3.8) is 0 Å². The Morgan fingerprint density at radius 3 is 2.93 bits per heavy atom. The molecule has 0 aliphatic carbocycles. The van der Waals surface area contributed by atoms with Crippen LogP contribution in [0, 0.1) is 0 Å². The largest absolute Gasteiger partial charge is 0.399 e. The molecular weight excluding hydrogens is 200 g/mol. The van der Waals surface area contributed by atoms with Crippen LogP contribution in [0.2, 0.25) is 0 Å². The Hall–Kier alpha value is -1.36. The van der Waals surface area contributed by atoms with E-state index in [9.17, 15) is 4.79 Å². The molecule has 0 saturated heterocycles. The second kappa shape index (κ2) is 6.15. The second-order valence-electron chi connectivity index (χ2n) is 2.29. The van der Waals surface area contributed by atoms with E-state index in [4.69, 9.17) is 0 Å². The number of thioether (sulfide) groups is 1. The summed E-state index contributed by atoms with van der Waals surface area (Å²) >= 11 is 1.48. The lowest BCUT2D eigenvalue weighted by Crippen LogP contribution is -2.03. The Morgan fingerprint density at radius 2 is 2.36 bits per heavy atom. The number of hydrogen-bond donors (Lipinski definition) is 0. The van der Waals surface area contributed by atoms with Gasteiger partial charge in [0.1, 0.15) is 12.8 Å². The van der Waals surface area contributed by atoms with Crippen molar-refractivity contribution < 1.29 is 9.63 Å². The molecule has 0 fully saturated rings. The van der Waals surface area contributed by atoms with Crippen molar-refractivity contribution in [3.05, 3.63) is 24.5 Å². The Kier molecular flexibility index (Phi) is 4.71. The molecule has 1 aromatic rings. The van der Waals surface area contributed by atoms with Crippen LogP contribution in [0.3, 0.4) is 0 Å². The molecule has 4 nitrogen and oxygen atoms in total. The van der Waals surface area contributed by atoms with Gasteiger partial charge in [-0.2, -0.15) is 0 Å². The fraction of sp³-hybridized carbons (Fsp3) is 0.222. The molecule has 0 amide bonds. The Morgan fingerprint density at radius 1 is 1.64 bits per heavy atom. The minimum atomic E-state index is 0.259. The molecular formula is C9H9N2O2S. The lowest BCUT2D eigenvalue weighted by molar-refractivity contribution is 0.214. The van der Waals surface area contributed by atoms with Gasteiger partial charge in [-0.05, 0) is 12.1 Å². The van der Waals surface area contributed by atoms with E-state index in [1.807, 2.05) is 12.1 Å². The molecule has 0 aromatic carbocycles. The van der Waals surface area contributed by atoms with Crippen LogP contribution in [0.15, 0.2) is 34.6 Å². The summed E-state index contributed by atoms with van der Waals surface area (Å²) in [6.45, 7) is 0. The summed E-state index contributed by atoms with van der Waals surface area (Å²) in [7, 11) is 1.40. The molecule has 0 atom stereocenters. The first-order chi connectivity index (χ1) is 6.86. The molecule has 14 heavy (non-hydrogen) atoms. The number of oxime groups is 1. The van der Waals surface area contributed by atoms with Gasteiger partial charge < -0.3 is 4.84 Å². The molecule has 0 spiro atoms. The van der Waals surface area contributed by atoms with Crippen molar-refractivity contribution in [2.75, 3.05) is 12.9 Å². The van der Waals surface area contributed by atoms with Gasteiger partial charge in [0.15, 0.2) is 0 Å². The maximum Gasteiger partial charge on any atom is 0.253 e. The van der Waals surface area contributed by atoms with E-state index in [0.717, 1.165) is 4.90 Å². The molecule has 0 N–H and O–H groups in total. The first kappa shape index (κ1) is 10.7. The highest BCUT2D eigenvalue weighted by Crippen LogP contribution is 2.15. The number of carbonyl (C=O) groups excluding carboxylic acids is 1. The summed E-state index contributed by atoms with van der Waals surface area (Å²) in [5.41, 5.74) is 0.259. The van der Waals surface area contributed by atoms with Crippen molar-refractivity contribution in [1.82, 2.24) is 4.98 Å². The average molecular weight is 209 g/mol. The SMILES string of the molecule is CO/N=C(\[C]=O)CSc1ccncc1. The van der Waals surface area contributed by atoms with Crippen molar-refractivity contribution in [2.45, 2.75) is 4.90 Å². The molecule has 73 valence electrons. The van der Waals surface area contributed by atoms with Gasteiger partial charge in [0.2, 0.25) is 0 Å². The summed E-state index contributed by atoms with van der Waals surface area (Å²) in [4.78, 5) is 19.7. The third-order valence-corrected chi connectivity index (χ3v) is 2.37. The van der Waals surface area contributed by atoms with Crippen LogP contribution in [0.25, 0.3) is 0 Å². The zero-order valence-corrected chi connectivity index (χ0v) is 8.45. The van der Waals surface area contributed by atoms with Crippen molar-refractivity contribution in [2.24, 2.45) is 5.16 Å². The van der Waals surface area contributed by atoms with Gasteiger partial charge in [0.05, 0.1) is 0 Å².